The molecule has 0 amide bonds. The Morgan fingerprint density at radius 1 is 0.609 bits per heavy atom. The molecule has 0 spiro atoms. The molecule has 1 atom stereocenters. The number of unbranched alkanes of at least 4 members (excludes halogenated alkanes) is 9. The highest BCUT2D eigenvalue weighted by molar-refractivity contribution is 7.09. The highest BCUT2D eigenvalue weighted by Gasteiger charge is 1.92. The van der Waals surface area contributed by atoms with Gasteiger partial charge in [0, 0.05) is 9.47 Å². The Hall–Kier alpha value is -0.390. The van der Waals surface area contributed by atoms with Crippen molar-refractivity contribution in [1.29, 1.82) is 0 Å². The molecule has 2 heteroatoms. The van der Waals surface area contributed by atoms with Crippen LogP contribution < -0.4 is 0 Å². The van der Waals surface area contributed by atoms with Gasteiger partial charge in [0.05, 0.1) is 6.61 Å². The van der Waals surface area contributed by atoms with Crippen LogP contribution in [0.4, 0.5) is 0 Å². The van der Waals surface area contributed by atoms with Gasteiger partial charge in [-0.2, -0.15) is 0 Å². The molecule has 0 aromatic carbocycles. The topological polar surface area (TPSA) is 9.23 Å². The monoisotopic (exact) mass is 338 g/mol. The summed E-state index contributed by atoms with van der Waals surface area (Å²) in [4.78, 5) is 0. The maximum absolute atomic E-state index is 4.98. The van der Waals surface area contributed by atoms with Crippen molar-refractivity contribution in [2.75, 3.05) is 6.61 Å². The van der Waals surface area contributed by atoms with Crippen LogP contribution in [0.5, 0.6) is 0 Å². The first-order valence-corrected chi connectivity index (χ1v) is 10.2. The van der Waals surface area contributed by atoms with Gasteiger partial charge in [-0.05, 0) is 38.5 Å². The fourth-order valence-corrected chi connectivity index (χ4v) is 2.68. The Kier molecular flexibility index (Phi) is 21.2. The minimum atomic E-state index is 0.893. The summed E-state index contributed by atoms with van der Waals surface area (Å²) in [7, 11) is 2.32. The summed E-state index contributed by atoms with van der Waals surface area (Å²) in [5, 5.41) is 0. The van der Waals surface area contributed by atoms with Crippen LogP contribution in [-0.4, -0.2) is 6.61 Å². The van der Waals surface area contributed by atoms with Crippen LogP contribution in [0.1, 0.15) is 90.4 Å². The summed E-state index contributed by atoms with van der Waals surface area (Å²) in [5.41, 5.74) is 0. The van der Waals surface area contributed by atoms with E-state index < -0.39 is 0 Å². The van der Waals surface area contributed by atoms with Crippen molar-refractivity contribution in [3.8, 4) is 0 Å². The molecule has 1 nitrogen and oxygen atoms in total. The fraction of sp³-hybridized carbons (Fsp3) is 0.714. The van der Waals surface area contributed by atoms with Gasteiger partial charge in [0.1, 0.15) is 0 Å². The summed E-state index contributed by atoms with van der Waals surface area (Å²) in [6, 6.07) is 0. The lowest BCUT2D eigenvalue weighted by Crippen LogP contribution is -1.85. The molecule has 0 aliphatic carbocycles. The molecular formula is C21H39OP. The molecule has 0 N–H and O–H groups in total. The van der Waals surface area contributed by atoms with E-state index >= 15 is 0 Å². The molecule has 23 heavy (non-hydrogen) atoms. The van der Waals surface area contributed by atoms with Gasteiger partial charge in [0.15, 0.2) is 0 Å². The second-order valence-electron chi connectivity index (χ2n) is 6.14. The molecule has 0 aliphatic rings. The number of hydrogen-bond donors (Lipinski definition) is 0. The first-order valence-electron chi connectivity index (χ1n) is 9.68. The van der Waals surface area contributed by atoms with Crippen molar-refractivity contribution in [3.63, 3.8) is 0 Å². The maximum atomic E-state index is 4.98. The fourth-order valence-electron chi connectivity index (χ4n) is 2.51. The van der Waals surface area contributed by atoms with Crippen LogP contribution in [0, 0.1) is 0 Å². The Balaban J connectivity index is 3.14. The van der Waals surface area contributed by atoms with Crippen molar-refractivity contribution in [2.45, 2.75) is 90.4 Å². The maximum Gasteiger partial charge on any atom is 0.0501 e. The van der Waals surface area contributed by atoms with Crippen LogP contribution >= 0.6 is 9.47 Å². The van der Waals surface area contributed by atoms with E-state index in [-0.39, 0.29) is 0 Å². The molecule has 0 heterocycles. The zero-order valence-corrected chi connectivity index (χ0v) is 16.5. The highest BCUT2D eigenvalue weighted by Crippen LogP contribution is 2.11. The molecule has 0 saturated carbocycles. The van der Waals surface area contributed by atoms with Crippen molar-refractivity contribution < 1.29 is 4.52 Å². The minimum absolute atomic E-state index is 0.893. The number of rotatable bonds is 17. The molecule has 134 valence electrons. The normalized spacial score (nSPS) is 12.3. The third-order valence-electron chi connectivity index (χ3n) is 3.91. The summed E-state index contributed by atoms with van der Waals surface area (Å²) >= 11 is 0. The molecule has 0 fully saturated rings. The smallest absolute Gasteiger partial charge is 0.0501 e. The van der Waals surface area contributed by atoms with Crippen molar-refractivity contribution >= 4 is 9.47 Å². The van der Waals surface area contributed by atoms with Gasteiger partial charge in [-0.3, -0.25) is 0 Å². The Bertz CT molecular complexity index is 294. The molecule has 0 rings (SSSR count). The van der Waals surface area contributed by atoms with E-state index in [0.29, 0.717) is 0 Å². The quantitative estimate of drug-likeness (QED) is 0.151. The van der Waals surface area contributed by atoms with E-state index in [0.717, 1.165) is 25.9 Å². The van der Waals surface area contributed by atoms with Crippen LogP contribution in [0.2, 0.25) is 0 Å². The molecule has 0 bridgehead atoms. The summed E-state index contributed by atoms with van der Waals surface area (Å²) in [6.07, 6.45) is 30.5. The lowest BCUT2D eigenvalue weighted by atomic mass is 10.1. The van der Waals surface area contributed by atoms with Crippen molar-refractivity contribution in [1.82, 2.24) is 0 Å². The first-order chi connectivity index (χ1) is 11.4. The molecule has 0 radical (unpaired) electrons. The van der Waals surface area contributed by atoms with Crippen LogP contribution in [0.25, 0.3) is 0 Å². The van der Waals surface area contributed by atoms with Crippen LogP contribution in [0.15, 0.2) is 36.5 Å². The SMILES string of the molecule is CC/C=C\C/C=C\C/C=C\CCCCCCCCCCCOP. The Labute approximate surface area is 147 Å². The Morgan fingerprint density at radius 3 is 1.65 bits per heavy atom. The van der Waals surface area contributed by atoms with E-state index in [1.807, 2.05) is 0 Å². The standard InChI is InChI=1S/C21H39OP/c1-2-3-4-5-6-7-8-9-10-11-12-13-14-15-16-17-18-19-20-21-22-23/h3-4,6-7,9-10H,2,5,8,11-21,23H2,1H3/b4-3-,7-6-,10-9-. The van der Waals surface area contributed by atoms with E-state index in [1.54, 1.807) is 0 Å². The van der Waals surface area contributed by atoms with Gasteiger partial charge in [-0.1, -0.05) is 88.3 Å². The van der Waals surface area contributed by atoms with E-state index in [9.17, 15) is 0 Å². The lowest BCUT2D eigenvalue weighted by molar-refractivity contribution is 0.352. The summed E-state index contributed by atoms with van der Waals surface area (Å²) in [6.45, 7) is 3.07. The van der Waals surface area contributed by atoms with E-state index in [2.05, 4.69) is 52.8 Å². The van der Waals surface area contributed by atoms with Gasteiger partial charge in [0.25, 0.3) is 0 Å². The third-order valence-corrected chi connectivity index (χ3v) is 4.15. The molecule has 0 saturated heterocycles. The van der Waals surface area contributed by atoms with E-state index in [1.165, 1.54) is 64.2 Å². The number of allylic oxidation sites excluding steroid dienone is 6. The van der Waals surface area contributed by atoms with E-state index in [4.69, 9.17) is 4.52 Å². The second-order valence-corrected chi connectivity index (χ2v) is 6.47. The predicted molar refractivity (Wildman–Crippen MR) is 109 cm³/mol. The van der Waals surface area contributed by atoms with Crippen LogP contribution in [0.3, 0.4) is 0 Å². The number of hydrogen-bond acceptors (Lipinski definition) is 1. The zero-order valence-electron chi connectivity index (χ0n) is 15.3. The van der Waals surface area contributed by atoms with Gasteiger partial charge < -0.3 is 4.52 Å². The first kappa shape index (κ1) is 22.6. The highest BCUT2D eigenvalue weighted by atomic mass is 31.0. The average molecular weight is 339 g/mol. The third kappa shape index (κ3) is 21.6. The summed E-state index contributed by atoms with van der Waals surface area (Å²) in [5.74, 6) is 0. The zero-order chi connectivity index (χ0) is 16.8. The molecule has 0 aromatic rings. The molecule has 0 aliphatic heterocycles. The predicted octanol–water partition coefficient (Wildman–Crippen LogP) is 7.55. The molecular weight excluding hydrogens is 299 g/mol. The average Bonchev–Trinajstić information content (AvgIpc) is 2.57. The minimum Gasteiger partial charge on any atom is -0.366 e. The van der Waals surface area contributed by atoms with Gasteiger partial charge in [0.2, 0.25) is 0 Å². The summed E-state index contributed by atoms with van der Waals surface area (Å²) < 4.78 is 4.98. The second kappa shape index (κ2) is 21.6. The van der Waals surface area contributed by atoms with Crippen molar-refractivity contribution in [3.05, 3.63) is 36.5 Å². The van der Waals surface area contributed by atoms with Gasteiger partial charge in [-0.25, -0.2) is 0 Å². The van der Waals surface area contributed by atoms with Gasteiger partial charge >= 0.3 is 0 Å². The largest absolute Gasteiger partial charge is 0.366 e. The van der Waals surface area contributed by atoms with Gasteiger partial charge in [-0.15, -0.1) is 0 Å². The molecule has 0 aromatic heterocycles. The Morgan fingerprint density at radius 2 is 1.09 bits per heavy atom. The molecule has 1 unspecified atom stereocenters. The lowest BCUT2D eigenvalue weighted by Gasteiger charge is -2.01. The van der Waals surface area contributed by atoms with Crippen molar-refractivity contribution in [2.24, 2.45) is 0 Å². The van der Waals surface area contributed by atoms with Crippen LogP contribution in [-0.2, 0) is 4.52 Å².